The van der Waals surface area contributed by atoms with Crippen LogP contribution in [0.3, 0.4) is 0 Å². The predicted molar refractivity (Wildman–Crippen MR) is 97.4 cm³/mol. The van der Waals surface area contributed by atoms with Gasteiger partial charge in [0.05, 0.1) is 5.56 Å². The Morgan fingerprint density at radius 2 is 1.85 bits per heavy atom. The van der Waals surface area contributed by atoms with Crippen molar-refractivity contribution in [2.24, 2.45) is 0 Å². The molecule has 1 aliphatic heterocycles. The second-order valence-corrected chi connectivity index (χ2v) is 6.67. The zero-order valence-corrected chi connectivity index (χ0v) is 14.7. The van der Waals surface area contributed by atoms with Crippen LogP contribution in [0.1, 0.15) is 12.5 Å². The van der Waals surface area contributed by atoms with Gasteiger partial charge in [-0.15, -0.1) is 10.2 Å². The van der Waals surface area contributed by atoms with E-state index in [1.54, 1.807) is 12.4 Å². The van der Waals surface area contributed by atoms with Crippen LogP contribution in [0.15, 0.2) is 42.7 Å². The molecule has 4 rings (SSSR count). The van der Waals surface area contributed by atoms with E-state index in [9.17, 15) is 13.2 Å². The van der Waals surface area contributed by atoms with Crippen LogP contribution >= 0.6 is 0 Å². The number of piperazine rings is 1. The first-order valence-corrected chi connectivity index (χ1v) is 8.70. The van der Waals surface area contributed by atoms with Gasteiger partial charge in [-0.1, -0.05) is 12.1 Å². The molecule has 1 N–H and O–H groups in total. The summed E-state index contributed by atoms with van der Waals surface area (Å²) in [4.78, 5) is 6.37. The van der Waals surface area contributed by atoms with Crippen molar-refractivity contribution in [3.63, 3.8) is 0 Å². The van der Waals surface area contributed by atoms with Crippen molar-refractivity contribution >= 4 is 16.6 Å². The van der Waals surface area contributed by atoms with Crippen LogP contribution in [0, 0.1) is 0 Å². The highest BCUT2D eigenvalue weighted by Crippen LogP contribution is 2.34. The molecule has 1 unspecified atom stereocenters. The molecule has 0 saturated carbocycles. The average Bonchev–Trinajstić information content (AvgIpc) is 2.66. The summed E-state index contributed by atoms with van der Waals surface area (Å²) in [6.07, 6.45) is -0.972. The van der Waals surface area contributed by atoms with E-state index in [0.717, 1.165) is 48.4 Å². The first-order chi connectivity index (χ1) is 12.9. The first-order valence-electron chi connectivity index (χ1n) is 8.70. The van der Waals surface area contributed by atoms with Crippen LogP contribution in [-0.2, 0) is 6.18 Å². The molecule has 5 nitrogen and oxygen atoms in total. The smallest absolute Gasteiger partial charge is 0.352 e. The van der Waals surface area contributed by atoms with Gasteiger partial charge >= 0.3 is 6.18 Å². The van der Waals surface area contributed by atoms with E-state index < -0.39 is 11.7 Å². The lowest BCUT2D eigenvalue weighted by molar-refractivity contribution is -0.137. The Kier molecular flexibility index (Phi) is 4.43. The average molecular weight is 373 g/mol. The maximum Gasteiger partial charge on any atom is 0.416 e. The van der Waals surface area contributed by atoms with Crippen molar-refractivity contribution in [3.8, 4) is 11.3 Å². The Morgan fingerprint density at radius 3 is 2.56 bits per heavy atom. The van der Waals surface area contributed by atoms with Gasteiger partial charge < -0.3 is 10.2 Å². The molecule has 27 heavy (non-hydrogen) atoms. The van der Waals surface area contributed by atoms with Gasteiger partial charge in [-0.05, 0) is 25.1 Å². The van der Waals surface area contributed by atoms with Gasteiger partial charge in [-0.2, -0.15) is 13.2 Å². The molecule has 8 heteroatoms. The van der Waals surface area contributed by atoms with Gasteiger partial charge in [0.2, 0.25) is 0 Å². The zero-order chi connectivity index (χ0) is 19.0. The molecule has 0 spiro atoms. The number of anilines is 1. The van der Waals surface area contributed by atoms with Crippen LogP contribution in [0.25, 0.3) is 22.0 Å². The van der Waals surface area contributed by atoms with Crippen molar-refractivity contribution in [3.05, 3.63) is 48.3 Å². The number of hydrogen-bond donors (Lipinski definition) is 1. The number of nitrogens with zero attached hydrogens (tertiary/aromatic N) is 4. The first kappa shape index (κ1) is 17.7. The van der Waals surface area contributed by atoms with E-state index in [1.807, 2.05) is 6.07 Å². The van der Waals surface area contributed by atoms with Gasteiger partial charge in [-0.25, -0.2) is 0 Å². The highest BCUT2D eigenvalue weighted by molar-refractivity contribution is 5.99. The lowest BCUT2D eigenvalue weighted by Gasteiger charge is -2.33. The largest absolute Gasteiger partial charge is 0.416 e. The molecule has 1 fully saturated rings. The molecule has 1 atom stereocenters. The summed E-state index contributed by atoms with van der Waals surface area (Å²) in [5.41, 5.74) is 0.455. The van der Waals surface area contributed by atoms with Crippen molar-refractivity contribution in [2.75, 3.05) is 24.5 Å². The Hall–Kier alpha value is -2.74. The van der Waals surface area contributed by atoms with Gasteiger partial charge in [0.25, 0.3) is 0 Å². The third-order valence-corrected chi connectivity index (χ3v) is 4.72. The summed E-state index contributed by atoms with van der Waals surface area (Å²) in [6.45, 7) is 4.57. The summed E-state index contributed by atoms with van der Waals surface area (Å²) in [6, 6.07) is 7.15. The Labute approximate surface area is 154 Å². The minimum absolute atomic E-state index is 0.335. The number of halogens is 3. The number of aromatic nitrogens is 3. The maximum absolute atomic E-state index is 12.8. The van der Waals surface area contributed by atoms with E-state index in [4.69, 9.17) is 0 Å². The fraction of sp³-hybridized carbons (Fsp3) is 0.316. The summed E-state index contributed by atoms with van der Waals surface area (Å²) in [5.74, 6) is 0.752. The third-order valence-electron chi connectivity index (χ3n) is 4.72. The standard InChI is InChI=1S/C19H18F3N5/c1-12-11-27(9-8-24-12)18-16-10-23-7-6-15(16)17(25-26-18)13-2-4-14(5-3-13)19(20,21)22/h2-7,10,12,24H,8-9,11H2,1H3. The number of hydrogen-bond acceptors (Lipinski definition) is 5. The van der Waals surface area contributed by atoms with Crippen LogP contribution in [-0.4, -0.2) is 40.9 Å². The minimum Gasteiger partial charge on any atom is -0.352 e. The predicted octanol–water partition coefficient (Wildman–Crippen LogP) is 3.51. The molecule has 0 bridgehead atoms. The lowest BCUT2D eigenvalue weighted by Crippen LogP contribution is -2.49. The molecule has 3 heterocycles. The highest BCUT2D eigenvalue weighted by Gasteiger charge is 2.30. The Balaban J connectivity index is 1.78. The minimum atomic E-state index is -4.36. The number of pyridine rings is 1. The maximum atomic E-state index is 12.8. The van der Waals surface area contributed by atoms with Crippen molar-refractivity contribution in [1.82, 2.24) is 20.5 Å². The lowest BCUT2D eigenvalue weighted by atomic mass is 10.0. The van der Waals surface area contributed by atoms with Crippen LogP contribution in [0.2, 0.25) is 0 Å². The Morgan fingerprint density at radius 1 is 1.07 bits per heavy atom. The van der Waals surface area contributed by atoms with E-state index in [-0.39, 0.29) is 0 Å². The van der Waals surface area contributed by atoms with Crippen molar-refractivity contribution < 1.29 is 13.2 Å². The van der Waals surface area contributed by atoms with E-state index >= 15 is 0 Å². The SMILES string of the molecule is CC1CN(c2nnc(-c3ccc(C(F)(F)F)cc3)c3ccncc23)CCN1. The third kappa shape index (κ3) is 3.44. The molecular weight excluding hydrogens is 355 g/mol. The van der Waals surface area contributed by atoms with E-state index in [2.05, 4.69) is 32.3 Å². The molecule has 3 aromatic rings. The molecular formula is C19H18F3N5. The van der Waals surface area contributed by atoms with Crippen LogP contribution in [0.4, 0.5) is 19.0 Å². The molecule has 0 aliphatic carbocycles. The number of rotatable bonds is 2. The van der Waals surface area contributed by atoms with E-state index in [1.165, 1.54) is 12.1 Å². The fourth-order valence-corrected chi connectivity index (χ4v) is 3.37. The number of alkyl halides is 3. The summed E-state index contributed by atoms with van der Waals surface area (Å²) in [7, 11) is 0. The highest BCUT2D eigenvalue weighted by atomic mass is 19.4. The van der Waals surface area contributed by atoms with Crippen molar-refractivity contribution in [2.45, 2.75) is 19.1 Å². The van der Waals surface area contributed by atoms with Crippen molar-refractivity contribution in [1.29, 1.82) is 0 Å². The molecule has 1 aliphatic rings. The topological polar surface area (TPSA) is 53.9 Å². The number of fused-ring (bicyclic) bond motifs is 1. The van der Waals surface area contributed by atoms with Gasteiger partial charge in [0.1, 0.15) is 5.69 Å². The summed E-state index contributed by atoms with van der Waals surface area (Å²) in [5, 5.41) is 13.8. The molecule has 140 valence electrons. The van der Waals surface area contributed by atoms with Crippen LogP contribution < -0.4 is 10.2 Å². The molecule has 1 aromatic carbocycles. The second kappa shape index (κ2) is 6.77. The quantitative estimate of drug-likeness (QED) is 0.745. The normalized spacial score (nSPS) is 18.1. The molecule has 2 aromatic heterocycles. The molecule has 0 amide bonds. The summed E-state index contributed by atoms with van der Waals surface area (Å²) >= 11 is 0. The van der Waals surface area contributed by atoms with Gasteiger partial charge in [0.15, 0.2) is 5.82 Å². The fourth-order valence-electron chi connectivity index (χ4n) is 3.37. The molecule has 0 radical (unpaired) electrons. The monoisotopic (exact) mass is 373 g/mol. The summed E-state index contributed by atoms with van der Waals surface area (Å²) < 4.78 is 38.5. The molecule has 1 saturated heterocycles. The van der Waals surface area contributed by atoms with Gasteiger partial charge in [-0.3, -0.25) is 4.98 Å². The zero-order valence-electron chi connectivity index (χ0n) is 14.7. The van der Waals surface area contributed by atoms with Gasteiger partial charge in [0, 0.05) is 54.4 Å². The number of nitrogens with one attached hydrogen (secondary N) is 1. The van der Waals surface area contributed by atoms with E-state index in [0.29, 0.717) is 17.3 Å². The second-order valence-electron chi connectivity index (χ2n) is 6.67. The Bertz CT molecular complexity index is 956. The van der Waals surface area contributed by atoms with Crippen LogP contribution in [0.5, 0.6) is 0 Å². The number of benzene rings is 1.